The molecule has 0 unspecified atom stereocenters. The molecule has 3 aromatic rings. The van der Waals surface area contributed by atoms with Gasteiger partial charge in [0.05, 0.1) is 5.69 Å². The van der Waals surface area contributed by atoms with Gasteiger partial charge in [-0.1, -0.05) is 12.1 Å². The van der Waals surface area contributed by atoms with Crippen LogP contribution in [0.2, 0.25) is 0 Å². The highest BCUT2D eigenvalue weighted by Gasteiger charge is 2.29. The van der Waals surface area contributed by atoms with Crippen LogP contribution >= 0.6 is 0 Å². The molecule has 1 aliphatic heterocycles. The Labute approximate surface area is 193 Å². The molecule has 10 heteroatoms. The van der Waals surface area contributed by atoms with Gasteiger partial charge in [-0.3, -0.25) is 19.3 Å². The van der Waals surface area contributed by atoms with Crippen molar-refractivity contribution in [3.05, 3.63) is 71.7 Å². The van der Waals surface area contributed by atoms with Crippen molar-refractivity contribution >= 4 is 23.3 Å². The SMILES string of the molecule is O=C(COc1ccccc1F)c1ccc2c(c1)N(Cc1nc(C(=O)NC3CC3)co1)C(=O)CO2. The van der Waals surface area contributed by atoms with Crippen molar-refractivity contribution in [1.29, 1.82) is 0 Å². The molecule has 1 aliphatic carbocycles. The Morgan fingerprint density at radius 1 is 1.21 bits per heavy atom. The Balaban J connectivity index is 1.32. The van der Waals surface area contributed by atoms with Crippen molar-refractivity contribution < 1.29 is 32.7 Å². The number of oxazole rings is 1. The van der Waals surface area contributed by atoms with E-state index in [1.807, 2.05) is 0 Å². The Hall–Kier alpha value is -4.21. The number of anilines is 1. The van der Waals surface area contributed by atoms with Crippen LogP contribution in [0.5, 0.6) is 11.5 Å². The van der Waals surface area contributed by atoms with E-state index in [0.29, 0.717) is 11.4 Å². The van der Waals surface area contributed by atoms with Crippen molar-refractivity contribution in [1.82, 2.24) is 10.3 Å². The van der Waals surface area contributed by atoms with E-state index in [1.54, 1.807) is 18.2 Å². The zero-order chi connectivity index (χ0) is 23.7. The molecule has 174 valence electrons. The minimum atomic E-state index is -0.568. The number of Topliss-reactive ketones (excluding diaryl/α,β-unsaturated/α-hetero) is 1. The van der Waals surface area contributed by atoms with Crippen LogP contribution in [0, 0.1) is 5.82 Å². The normalized spacial score (nSPS) is 14.9. The quantitative estimate of drug-likeness (QED) is 0.509. The number of carbonyl (C=O) groups excluding carboxylic acids is 3. The lowest BCUT2D eigenvalue weighted by Crippen LogP contribution is -2.38. The van der Waals surface area contributed by atoms with E-state index in [-0.39, 0.29) is 60.5 Å². The lowest BCUT2D eigenvalue weighted by atomic mass is 10.1. The molecule has 1 N–H and O–H groups in total. The third kappa shape index (κ3) is 4.61. The molecule has 1 aromatic heterocycles. The third-order valence-electron chi connectivity index (χ3n) is 5.41. The van der Waals surface area contributed by atoms with Crippen molar-refractivity contribution in [2.45, 2.75) is 25.4 Å². The summed E-state index contributed by atoms with van der Waals surface area (Å²) >= 11 is 0. The van der Waals surface area contributed by atoms with Crippen LogP contribution in [0.4, 0.5) is 10.1 Å². The predicted octanol–water partition coefficient (Wildman–Crippen LogP) is 2.89. The van der Waals surface area contributed by atoms with Crippen LogP contribution in [-0.4, -0.2) is 41.8 Å². The first kappa shape index (κ1) is 21.6. The number of benzene rings is 2. The zero-order valence-electron chi connectivity index (χ0n) is 18.0. The van der Waals surface area contributed by atoms with Crippen LogP contribution in [0.1, 0.15) is 39.6 Å². The molecular formula is C24H20FN3O6. The second-order valence-electron chi connectivity index (χ2n) is 7.97. The summed E-state index contributed by atoms with van der Waals surface area (Å²) in [5.74, 6) is -1.11. The number of carbonyl (C=O) groups is 3. The van der Waals surface area contributed by atoms with Gasteiger partial charge in [-0.05, 0) is 43.2 Å². The summed E-state index contributed by atoms with van der Waals surface area (Å²) in [5, 5.41) is 2.82. The van der Waals surface area contributed by atoms with Gasteiger partial charge in [0, 0.05) is 11.6 Å². The minimum Gasteiger partial charge on any atom is -0.482 e. The number of ether oxygens (including phenoxy) is 2. The molecule has 1 saturated carbocycles. The fraction of sp³-hybridized carbons (Fsp3) is 0.250. The number of amides is 2. The van der Waals surface area contributed by atoms with E-state index in [1.165, 1.54) is 35.4 Å². The second-order valence-corrected chi connectivity index (χ2v) is 7.97. The molecule has 2 amide bonds. The Kier molecular flexibility index (Phi) is 5.70. The first-order valence-corrected chi connectivity index (χ1v) is 10.7. The number of nitrogens with zero attached hydrogens (tertiary/aromatic N) is 2. The average molecular weight is 465 g/mol. The fourth-order valence-corrected chi connectivity index (χ4v) is 3.45. The zero-order valence-corrected chi connectivity index (χ0v) is 18.0. The molecule has 0 bridgehead atoms. The van der Waals surface area contributed by atoms with Crippen LogP contribution in [-0.2, 0) is 11.3 Å². The lowest BCUT2D eigenvalue weighted by Gasteiger charge is -2.28. The van der Waals surface area contributed by atoms with Gasteiger partial charge in [0.25, 0.3) is 11.8 Å². The van der Waals surface area contributed by atoms with Crippen molar-refractivity contribution in [3.8, 4) is 11.5 Å². The van der Waals surface area contributed by atoms with Crippen LogP contribution in [0.25, 0.3) is 0 Å². The molecule has 2 aromatic carbocycles. The van der Waals surface area contributed by atoms with E-state index in [2.05, 4.69) is 10.3 Å². The van der Waals surface area contributed by atoms with Gasteiger partial charge in [0.1, 0.15) is 18.6 Å². The lowest BCUT2D eigenvalue weighted by molar-refractivity contribution is -0.121. The van der Waals surface area contributed by atoms with Gasteiger partial charge in [-0.2, -0.15) is 0 Å². The van der Waals surface area contributed by atoms with Crippen LogP contribution in [0.15, 0.2) is 53.1 Å². The summed E-state index contributed by atoms with van der Waals surface area (Å²) in [7, 11) is 0. The summed E-state index contributed by atoms with van der Waals surface area (Å²) in [5.41, 5.74) is 0.752. The number of nitrogens with one attached hydrogen (secondary N) is 1. The van der Waals surface area contributed by atoms with Gasteiger partial charge < -0.3 is 19.2 Å². The monoisotopic (exact) mass is 465 g/mol. The highest BCUT2D eigenvalue weighted by atomic mass is 19.1. The Morgan fingerprint density at radius 3 is 2.82 bits per heavy atom. The number of ketones is 1. The minimum absolute atomic E-state index is 0.0284. The molecule has 34 heavy (non-hydrogen) atoms. The van der Waals surface area contributed by atoms with Gasteiger partial charge in [0.15, 0.2) is 36.3 Å². The second kappa shape index (κ2) is 8.97. The number of hydrogen-bond donors (Lipinski definition) is 1. The van der Waals surface area contributed by atoms with Gasteiger partial charge in [-0.25, -0.2) is 9.37 Å². The molecule has 1 fully saturated rings. The van der Waals surface area contributed by atoms with Crippen molar-refractivity contribution in [3.63, 3.8) is 0 Å². The predicted molar refractivity (Wildman–Crippen MR) is 116 cm³/mol. The highest BCUT2D eigenvalue weighted by Crippen LogP contribution is 2.34. The number of hydrogen-bond acceptors (Lipinski definition) is 7. The van der Waals surface area contributed by atoms with E-state index in [4.69, 9.17) is 13.9 Å². The van der Waals surface area contributed by atoms with Crippen molar-refractivity contribution in [2.75, 3.05) is 18.1 Å². The molecule has 2 aliphatic rings. The third-order valence-corrected chi connectivity index (χ3v) is 5.41. The highest BCUT2D eigenvalue weighted by molar-refractivity contribution is 6.02. The molecule has 0 spiro atoms. The first-order chi connectivity index (χ1) is 16.5. The average Bonchev–Trinajstić information content (AvgIpc) is 3.53. The number of para-hydroxylation sites is 1. The largest absolute Gasteiger partial charge is 0.482 e. The van der Waals surface area contributed by atoms with E-state index >= 15 is 0 Å². The van der Waals surface area contributed by atoms with Gasteiger partial charge in [0.2, 0.25) is 5.89 Å². The summed E-state index contributed by atoms with van der Waals surface area (Å²) in [4.78, 5) is 43.0. The molecule has 5 rings (SSSR count). The maximum absolute atomic E-state index is 13.7. The first-order valence-electron chi connectivity index (χ1n) is 10.7. The molecule has 0 atom stereocenters. The summed E-state index contributed by atoms with van der Waals surface area (Å²) in [6, 6.07) is 10.6. The molecular weight excluding hydrogens is 445 g/mol. The van der Waals surface area contributed by atoms with E-state index in [0.717, 1.165) is 12.8 Å². The fourth-order valence-electron chi connectivity index (χ4n) is 3.45. The Bertz CT molecular complexity index is 1270. The molecule has 0 radical (unpaired) electrons. The maximum Gasteiger partial charge on any atom is 0.273 e. The topological polar surface area (TPSA) is 111 Å². The van der Waals surface area contributed by atoms with E-state index < -0.39 is 11.6 Å². The van der Waals surface area contributed by atoms with Crippen LogP contribution < -0.4 is 19.7 Å². The van der Waals surface area contributed by atoms with Gasteiger partial charge in [-0.15, -0.1) is 0 Å². The summed E-state index contributed by atoms with van der Waals surface area (Å²) in [6.45, 7) is -0.616. The maximum atomic E-state index is 13.7. The number of halogens is 1. The van der Waals surface area contributed by atoms with Crippen molar-refractivity contribution in [2.24, 2.45) is 0 Å². The molecule has 9 nitrogen and oxygen atoms in total. The number of rotatable bonds is 8. The molecule has 0 saturated heterocycles. The van der Waals surface area contributed by atoms with E-state index in [9.17, 15) is 18.8 Å². The summed E-state index contributed by atoms with van der Waals surface area (Å²) < 4.78 is 29.9. The standard InChI is InChI=1S/C24H20FN3O6/c25-16-3-1-2-4-20(16)32-12-19(29)14-5-8-21-18(9-14)28(23(30)13-33-21)10-22-27-17(11-34-22)24(31)26-15-6-7-15/h1-5,8-9,11,15H,6-7,10,12-13H2,(H,26,31). The smallest absolute Gasteiger partial charge is 0.273 e. The Morgan fingerprint density at radius 2 is 2.03 bits per heavy atom. The van der Waals surface area contributed by atoms with Gasteiger partial charge >= 0.3 is 0 Å². The molecule has 2 heterocycles. The van der Waals surface area contributed by atoms with Crippen LogP contribution in [0.3, 0.4) is 0 Å². The number of fused-ring (bicyclic) bond motifs is 1. The summed E-state index contributed by atoms with van der Waals surface area (Å²) in [6.07, 6.45) is 3.14. The number of aromatic nitrogens is 1.